The van der Waals surface area contributed by atoms with Crippen LogP contribution in [0.15, 0.2) is 40.3 Å². The Kier molecular flexibility index (Phi) is 6.81. The van der Waals surface area contributed by atoms with E-state index in [0.717, 1.165) is 10.6 Å². The van der Waals surface area contributed by atoms with Crippen LogP contribution >= 0.6 is 11.8 Å². The number of hydrogen-bond acceptors (Lipinski definition) is 4. The molecular weight excluding hydrogens is 375 g/mol. The summed E-state index contributed by atoms with van der Waals surface area (Å²) in [6.07, 6.45) is 8.05. The first-order valence-corrected chi connectivity index (χ1v) is 11.2. The van der Waals surface area contributed by atoms with Crippen molar-refractivity contribution in [3.63, 3.8) is 0 Å². The molecule has 0 radical (unpaired) electrons. The van der Waals surface area contributed by atoms with E-state index in [4.69, 9.17) is 4.74 Å². The quantitative estimate of drug-likeness (QED) is 0.516. The van der Waals surface area contributed by atoms with E-state index in [-0.39, 0.29) is 12.2 Å². The van der Waals surface area contributed by atoms with Gasteiger partial charge in [0.25, 0.3) is 5.56 Å². The third kappa shape index (κ3) is 4.59. The minimum Gasteiger partial charge on any atom is -0.490 e. The molecule has 0 amide bonds. The fraction of sp³-hybridized carbons (Fsp3) is 0.545. The number of thioether (sulfide) groups is 1. The molecule has 0 saturated heterocycles. The minimum absolute atomic E-state index is 0.0469. The zero-order chi connectivity index (χ0) is 20.1. The van der Waals surface area contributed by atoms with Gasteiger partial charge in [0.15, 0.2) is 5.82 Å². The average Bonchev–Trinajstić information content (AvgIpc) is 2.66. The van der Waals surface area contributed by atoms with E-state index in [1.54, 1.807) is 37.9 Å². The van der Waals surface area contributed by atoms with Crippen molar-refractivity contribution >= 4 is 11.8 Å². The van der Waals surface area contributed by atoms with Crippen molar-refractivity contribution in [2.75, 3.05) is 12.4 Å². The summed E-state index contributed by atoms with van der Waals surface area (Å²) < 4.78 is 21.5. The normalized spacial score (nSPS) is 14.7. The Morgan fingerprint density at radius 2 is 2.04 bits per heavy atom. The van der Waals surface area contributed by atoms with E-state index in [2.05, 4.69) is 18.0 Å². The molecule has 0 aromatic carbocycles. The van der Waals surface area contributed by atoms with Gasteiger partial charge in [-0.25, -0.2) is 9.37 Å². The van der Waals surface area contributed by atoms with Gasteiger partial charge in [0, 0.05) is 18.5 Å². The summed E-state index contributed by atoms with van der Waals surface area (Å²) in [4.78, 5) is 18.3. The van der Waals surface area contributed by atoms with Gasteiger partial charge < -0.3 is 4.74 Å². The number of nitrogens with zero attached hydrogens (tertiary/aromatic N) is 2. The highest BCUT2D eigenvalue weighted by atomic mass is 32.2. The Hall–Kier alpha value is -1.82. The summed E-state index contributed by atoms with van der Waals surface area (Å²) in [5.41, 5.74) is -0.326. The van der Waals surface area contributed by atoms with Crippen molar-refractivity contribution < 1.29 is 9.13 Å². The number of halogens is 1. The van der Waals surface area contributed by atoms with Gasteiger partial charge in [-0.2, -0.15) is 0 Å². The lowest BCUT2D eigenvalue weighted by Gasteiger charge is -2.26. The lowest BCUT2D eigenvalue weighted by atomic mass is 9.81. The van der Waals surface area contributed by atoms with E-state index in [0.29, 0.717) is 30.3 Å². The van der Waals surface area contributed by atoms with Crippen LogP contribution in [0.4, 0.5) is 4.39 Å². The van der Waals surface area contributed by atoms with E-state index < -0.39 is 5.67 Å². The first-order chi connectivity index (χ1) is 13.5. The van der Waals surface area contributed by atoms with Crippen LogP contribution in [0.1, 0.15) is 64.4 Å². The molecule has 152 valence electrons. The Labute approximate surface area is 170 Å². The predicted molar refractivity (Wildman–Crippen MR) is 113 cm³/mol. The zero-order valence-electron chi connectivity index (χ0n) is 16.9. The van der Waals surface area contributed by atoms with Crippen LogP contribution in [0.2, 0.25) is 0 Å². The van der Waals surface area contributed by atoms with Crippen molar-refractivity contribution in [1.82, 2.24) is 9.55 Å². The molecule has 0 bridgehead atoms. The van der Waals surface area contributed by atoms with Crippen molar-refractivity contribution in [2.45, 2.75) is 69.4 Å². The number of rotatable bonds is 9. The maximum atomic E-state index is 14.4. The standard InChI is InChI=1S/C22H29FN2O2S/c1-4-22(23,5-2)15-27-18-10-11-25(20(26)13-18)21-19(28-6-3)12-17(14-24-21)16-8-7-9-16/h10-14,16H,4-9,15H2,1-3H3. The van der Waals surface area contributed by atoms with Crippen LogP contribution in [-0.2, 0) is 0 Å². The molecule has 1 aliphatic rings. The van der Waals surface area contributed by atoms with Crippen molar-refractivity contribution in [3.05, 3.63) is 46.5 Å². The number of alkyl halides is 1. The summed E-state index contributed by atoms with van der Waals surface area (Å²) >= 11 is 1.69. The maximum Gasteiger partial charge on any atom is 0.259 e. The number of aromatic nitrogens is 2. The van der Waals surface area contributed by atoms with Gasteiger partial charge in [0.1, 0.15) is 18.0 Å². The molecule has 3 rings (SSSR count). The Morgan fingerprint density at radius 1 is 1.29 bits per heavy atom. The smallest absolute Gasteiger partial charge is 0.259 e. The van der Waals surface area contributed by atoms with Crippen LogP contribution in [0.25, 0.3) is 5.82 Å². The van der Waals surface area contributed by atoms with Crippen LogP contribution in [0.5, 0.6) is 5.75 Å². The number of ether oxygens (including phenoxy) is 1. The molecule has 2 aromatic rings. The minimum atomic E-state index is -1.36. The van der Waals surface area contributed by atoms with Crippen molar-refractivity contribution in [1.29, 1.82) is 0 Å². The van der Waals surface area contributed by atoms with Crippen LogP contribution in [0.3, 0.4) is 0 Å². The van der Waals surface area contributed by atoms with Gasteiger partial charge >= 0.3 is 0 Å². The molecule has 4 nitrogen and oxygen atoms in total. The summed E-state index contributed by atoms with van der Waals surface area (Å²) in [5.74, 6) is 2.54. The lowest BCUT2D eigenvalue weighted by molar-refractivity contribution is 0.0762. The molecule has 0 aliphatic heterocycles. The molecule has 2 heterocycles. The highest BCUT2D eigenvalue weighted by Gasteiger charge is 2.26. The predicted octanol–water partition coefficient (Wildman–Crippen LogP) is 5.52. The molecule has 1 fully saturated rings. The second-order valence-electron chi connectivity index (χ2n) is 7.37. The summed E-state index contributed by atoms with van der Waals surface area (Å²) in [6.45, 7) is 5.65. The highest BCUT2D eigenvalue weighted by molar-refractivity contribution is 7.99. The van der Waals surface area contributed by atoms with E-state index in [9.17, 15) is 9.18 Å². The Balaban J connectivity index is 1.84. The molecule has 2 aromatic heterocycles. The van der Waals surface area contributed by atoms with Gasteiger partial charge in [0.05, 0.1) is 4.90 Å². The first kappa shape index (κ1) is 20.9. The molecule has 1 saturated carbocycles. The monoisotopic (exact) mass is 404 g/mol. The molecule has 1 aliphatic carbocycles. The zero-order valence-corrected chi connectivity index (χ0v) is 17.7. The first-order valence-electron chi connectivity index (χ1n) is 10.2. The van der Waals surface area contributed by atoms with Gasteiger partial charge in [-0.1, -0.05) is 27.2 Å². The van der Waals surface area contributed by atoms with Crippen LogP contribution < -0.4 is 10.3 Å². The third-order valence-electron chi connectivity index (χ3n) is 5.61. The third-order valence-corrected chi connectivity index (χ3v) is 6.51. The van der Waals surface area contributed by atoms with Gasteiger partial charge in [-0.15, -0.1) is 11.8 Å². The molecule has 6 heteroatoms. The fourth-order valence-electron chi connectivity index (χ4n) is 3.25. The van der Waals surface area contributed by atoms with Gasteiger partial charge in [-0.05, 0) is 55.1 Å². The fourth-order valence-corrected chi connectivity index (χ4v) is 4.06. The van der Waals surface area contributed by atoms with E-state index in [1.807, 2.05) is 6.20 Å². The van der Waals surface area contributed by atoms with Crippen molar-refractivity contribution in [3.8, 4) is 11.6 Å². The summed E-state index contributed by atoms with van der Waals surface area (Å²) in [5, 5.41) is 0. The molecular formula is C22H29FN2O2S. The van der Waals surface area contributed by atoms with E-state index >= 15 is 0 Å². The Bertz CT molecular complexity index is 860. The number of hydrogen-bond donors (Lipinski definition) is 0. The second-order valence-corrected chi connectivity index (χ2v) is 8.67. The highest BCUT2D eigenvalue weighted by Crippen LogP contribution is 2.38. The van der Waals surface area contributed by atoms with Crippen LogP contribution in [-0.4, -0.2) is 27.6 Å². The van der Waals surface area contributed by atoms with Crippen LogP contribution in [0, 0.1) is 0 Å². The average molecular weight is 405 g/mol. The van der Waals surface area contributed by atoms with Gasteiger partial charge in [-0.3, -0.25) is 9.36 Å². The lowest BCUT2D eigenvalue weighted by Crippen LogP contribution is -2.29. The molecule has 0 unspecified atom stereocenters. The molecule has 0 N–H and O–H groups in total. The summed E-state index contributed by atoms with van der Waals surface area (Å²) in [7, 11) is 0. The largest absolute Gasteiger partial charge is 0.490 e. The number of pyridine rings is 2. The Morgan fingerprint density at radius 3 is 2.61 bits per heavy atom. The second kappa shape index (κ2) is 9.12. The summed E-state index contributed by atoms with van der Waals surface area (Å²) in [6, 6.07) is 5.29. The molecule has 0 atom stereocenters. The topological polar surface area (TPSA) is 44.1 Å². The van der Waals surface area contributed by atoms with E-state index in [1.165, 1.54) is 35.5 Å². The molecule has 28 heavy (non-hydrogen) atoms. The molecule has 0 spiro atoms. The maximum absolute atomic E-state index is 14.4. The SMILES string of the molecule is CCSc1cc(C2CCC2)cnc1-n1ccc(OCC(F)(CC)CC)cc1=O. The van der Waals surface area contributed by atoms with Gasteiger partial charge in [0.2, 0.25) is 0 Å². The van der Waals surface area contributed by atoms with Crippen molar-refractivity contribution in [2.24, 2.45) is 0 Å².